The molecule has 2 rings (SSSR count). The third-order valence-electron chi connectivity index (χ3n) is 3.07. The molecule has 0 aliphatic rings. The minimum Gasteiger partial charge on any atom is -0.493 e. The van der Waals surface area contributed by atoms with Crippen molar-refractivity contribution in [3.63, 3.8) is 0 Å². The first-order valence-corrected chi connectivity index (χ1v) is 8.27. The van der Waals surface area contributed by atoms with Gasteiger partial charge in [0.1, 0.15) is 10.8 Å². The predicted molar refractivity (Wildman–Crippen MR) is 90.2 cm³/mol. The van der Waals surface area contributed by atoms with Gasteiger partial charge in [0.15, 0.2) is 0 Å². The quantitative estimate of drug-likeness (QED) is 0.736. The molecule has 1 N–H and O–H groups in total. The van der Waals surface area contributed by atoms with Crippen LogP contribution in [-0.4, -0.2) is 35.8 Å². The van der Waals surface area contributed by atoms with Gasteiger partial charge in [-0.25, -0.2) is 0 Å². The molecule has 0 atom stereocenters. The lowest BCUT2D eigenvalue weighted by atomic mass is 10.2. The van der Waals surface area contributed by atoms with Crippen LogP contribution >= 0.6 is 11.3 Å². The Morgan fingerprint density at radius 1 is 1.25 bits per heavy atom. The third kappa shape index (κ3) is 5.96. The standard InChI is InChI=1S/C16H19N3O4S/c1-11-4-3-5-12(10-11)23-9-8-14-18-19-16(24-14)17-13(20)6-7-15(21)22-2/h3-5,10H,6-9H2,1-2H3,(H,17,19,20). The monoisotopic (exact) mass is 349 g/mol. The van der Waals surface area contributed by atoms with E-state index in [9.17, 15) is 9.59 Å². The summed E-state index contributed by atoms with van der Waals surface area (Å²) in [6.45, 7) is 2.49. The molecule has 24 heavy (non-hydrogen) atoms. The average molecular weight is 349 g/mol. The number of benzene rings is 1. The molecule has 0 bridgehead atoms. The number of hydrogen-bond donors (Lipinski definition) is 1. The molecule has 0 radical (unpaired) electrons. The van der Waals surface area contributed by atoms with Gasteiger partial charge in [-0.1, -0.05) is 23.5 Å². The zero-order valence-corrected chi connectivity index (χ0v) is 14.4. The normalized spacial score (nSPS) is 10.2. The number of hydrogen-bond acceptors (Lipinski definition) is 7. The SMILES string of the molecule is COC(=O)CCC(=O)Nc1nnc(CCOc2cccc(C)c2)s1. The molecule has 1 aromatic heterocycles. The molecule has 128 valence electrons. The maximum atomic E-state index is 11.7. The van der Waals surface area contributed by atoms with Gasteiger partial charge in [0, 0.05) is 12.8 Å². The van der Waals surface area contributed by atoms with Crippen LogP contribution in [0.1, 0.15) is 23.4 Å². The van der Waals surface area contributed by atoms with Crippen molar-refractivity contribution in [3.05, 3.63) is 34.8 Å². The van der Waals surface area contributed by atoms with Crippen molar-refractivity contribution in [2.75, 3.05) is 19.0 Å². The molecule has 0 aliphatic heterocycles. The van der Waals surface area contributed by atoms with Crippen molar-refractivity contribution in [2.24, 2.45) is 0 Å². The second kappa shape index (κ2) is 8.97. The molecule has 0 fully saturated rings. The van der Waals surface area contributed by atoms with E-state index in [1.807, 2.05) is 31.2 Å². The van der Waals surface area contributed by atoms with E-state index in [0.29, 0.717) is 18.2 Å². The maximum Gasteiger partial charge on any atom is 0.306 e. The van der Waals surface area contributed by atoms with Crippen LogP contribution in [0.3, 0.4) is 0 Å². The highest BCUT2D eigenvalue weighted by molar-refractivity contribution is 7.15. The first-order valence-electron chi connectivity index (χ1n) is 7.45. The van der Waals surface area contributed by atoms with E-state index in [0.717, 1.165) is 16.3 Å². The van der Waals surface area contributed by atoms with E-state index in [2.05, 4.69) is 20.3 Å². The number of nitrogens with zero attached hydrogens (tertiary/aromatic N) is 2. The molecule has 0 saturated heterocycles. The smallest absolute Gasteiger partial charge is 0.306 e. The van der Waals surface area contributed by atoms with Crippen LogP contribution in [0.25, 0.3) is 0 Å². The Balaban J connectivity index is 1.74. The van der Waals surface area contributed by atoms with Crippen molar-refractivity contribution >= 4 is 28.3 Å². The number of aromatic nitrogens is 2. The number of aryl methyl sites for hydroxylation is 1. The first-order chi connectivity index (χ1) is 11.6. The first kappa shape index (κ1) is 17.9. The summed E-state index contributed by atoms with van der Waals surface area (Å²) < 4.78 is 10.1. The Kier molecular flexibility index (Phi) is 6.68. The number of anilines is 1. The molecule has 0 aliphatic carbocycles. The minimum absolute atomic E-state index is 0.0400. The van der Waals surface area contributed by atoms with Gasteiger partial charge in [-0.05, 0) is 24.6 Å². The number of rotatable bonds is 8. The topological polar surface area (TPSA) is 90.4 Å². The van der Waals surface area contributed by atoms with Crippen LogP contribution in [0.4, 0.5) is 5.13 Å². The van der Waals surface area contributed by atoms with E-state index in [4.69, 9.17) is 4.74 Å². The van der Waals surface area contributed by atoms with Gasteiger partial charge in [0.05, 0.1) is 20.1 Å². The van der Waals surface area contributed by atoms with Crippen LogP contribution in [0, 0.1) is 6.92 Å². The molecule has 0 saturated carbocycles. The summed E-state index contributed by atoms with van der Waals surface area (Å²) in [7, 11) is 1.29. The second-order valence-electron chi connectivity index (χ2n) is 5.04. The number of esters is 1. The van der Waals surface area contributed by atoms with Gasteiger partial charge in [-0.3, -0.25) is 9.59 Å². The summed E-state index contributed by atoms with van der Waals surface area (Å²) in [6, 6.07) is 7.82. The fourth-order valence-corrected chi connectivity index (χ4v) is 2.60. The van der Waals surface area contributed by atoms with Gasteiger partial charge in [-0.2, -0.15) is 0 Å². The van der Waals surface area contributed by atoms with Crippen molar-refractivity contribution in [1.29, 1.82) is 0 Å². The Bertz CT molecular complexity index is 702. The maximum absolute atomic E-state index is 11.7. The van der Waals surface area contributed by atoms with Gasteiger partial charge in [0.25, 0.3) is 0 Å². The van der Waals surface area contributed by atoms with Crippen LogP contribution in [0.15, 0.2) is 24.3 Å². The number of carbonyl (C=O) groups excluding carboxylic acids is 2. The highest BCUT2D eigenvalue weighted by Gasteiger charge is 2.10. The van der Waals surface area contributed by atoms with Crippen molar-refractivity contribution < 1.29 is 19.1 Å². The van der Waals surface area contributed by atoms with Crippen molar-refractivity contribution in [1.82, 2.24) is 10.2 Å². The van der Waals surface area contributed by atoms with E-state index < -0.39 is 5.97 Å². The lowest BCUT2D eigenvalue weighted by Gasteiger charge is -2.04. The van der Waals surface area contributed by atoms with E-state index >= 15 is 0 Å². The molecule has 8 heteroatoms. The van der Waals surface area contributed by atoms with Gasteiger partial charge in [-0.15, -0.1) is 10.2 Å². The van der Waals surface area contributed by atoms with Crippen LogP contribution in [-0.2, 0) is 20.7 Å². The van der Waals surface area contributed by atoms with Gasteiger partial charge in [0.2, 0.25) is 11.0 Å². The zero-order valence-electron chi connectivity index (χ0n) is 13.6. The summed E-state index contributed by atoms with van der Waals surface area (Å²) >= 11 is 1.29. The minimum atomic E-state index is -0.420. The summed E-state index contributed by atoms with van der Waals surface area (Å²) in [5.41, 5.74) is 1.14. The molecule has 1 heterocycles. The van der Waals surface area contributed by atoms with Crippen LogP contribution < -0.4 is 10.1 Å². The Labute approximate surface area is 144 Å². The predicted octanol–water partition coefficient (Wildman–Crippen LogP) is 2.36. The van der Waals surface area contributed by atoms with Crippen LogP contribution in [0.5, 0.6) is 5.75 Å². The number of methoxy groups -OCH3 is 1. The molecule has 1 amide bonds. The lowest BCUT2D eigenvalue weighted by molar-refractivity contribution is -0.141. The molecular weight excluding hydrogens is 330 g/mol. The molecule has 0 spiro atoms. The fraction of sp³-hybridized carbons (Fsp3) is 0.375. The van der Waals surface area contributed by atoms with Crippen molar-refractivity contribution in [3.8, 4) is 5.75 Å². The van der Waals surface area contributed by atoms with E-state index in [1.54, 1.807) is 0 Å². The number of ether oxygens (including phenoxy) is 2. The number of amides is 1. The third-order valence-corrected chi connectivity index (χ3v) is 3.97. The number of carbonyl (C=O) groups is 2. The Morgan fingerprint density at radius 2 is 2.08 bits per heavy atom. The molecule has 0 unspecified atom stereocenters. The van der Waals surface area contributed by atoms with Crippen LogP contribution in [0.2, 0.25) is 0 Å². The zero-order chi connectivity index (χ0) is 17.4. The molecule has 7 nitrogen and oxygen atoms in total. The van der Waals surface area contributed by atoms with Gasteiger partial charge >= 0.3 is 5.97 Å². The van der Waals surface area contributed by atoms with E-state index in [-0.39, 0.29) is 18.7 Å². The van der Waals surface area contributed by atoms with E-state index in [1.165, 1.54) is 18.4 Å². The van der Waals surface area contributed by atoms with Gasteiger partial charge < -0.3 is 14.8 Å². The van der Waals surface area contributed by atoms with Crippen molar-refractivity contribution in [2.45, 2.75) is 26.2 Å². The summed E-state index contributed by atoms with van der Waals surface area (Å²) in [6.07, 6.45) is 0.694. The molecule has 1 aromatic carbocycles. The Morgan fingerprint density at radius 3 is 2.83 bits per heavy atom. The highest BCUT2D eigenvalue weighted by Crippen LogP contribution is 2.17. The summed E-state index contributed by atoms with van der Waals surface area (Å²) in [5, 5.41) is 11.7. The molecular formula is C16H19N3O4S. The summed E-state index contributed by atoms with van der Waals surface area (Å²) in [4.78, 5) is 22.7. The Hall–Kier alpha value is -2.48. The largest absolute Gasteiger partial charge is 0.493 e. The second-order valence-corrected chi connectivity index (χ2v) is 6.10. The lowest BCUT2D eigenvalue weighted by Crippen LogP contribution is -2.13. The molecule has 2 aromatic rings. The average Bonchev–Trinajstić information content (AvgIpc) is 3.00. The fourth-order valence-electron chi connectivity index (χ4n) is 1.87. The summed E-state index contributed by atoms with van der Waals surface area (Å²) in [5.74, 6) is 0.103. The highest BCUT2D eigenvalue weighted by atomic mass is 32.1. The number of nitrogens with one attached hydrogen (secondary N) is 1.